The van der Waals surface area contributed by atoms with Crippen molar-refractivity contribution in [1.29, 1.82) is 0 Å². The number of thiazole rings is 1. The Hall–Kier alpha value is -2.76. The molecule has 1 aromatic heterocycles. The first-order valence-electron chi connectivity index (χ1n) is 9.09. The molecule has 0 saturated carbocycles. The summed E-state index contributed by atoms with van der Waals surface area (Å²) in [5.74, 6) is -3.22. The van der Waals surface area contributed by atoms with Crippen molar-refractivity contribution in [3.05, 3.63) is 76.1 Å². The predicted octanol–water partition coefficient (Wildman–Crippen LogP) is 3.77. The highest BCUT2D eigenvalue weighted by atomic mass is 32.2. The zero-order valence-corrected chi connectivity index (χ0v) is 17.9. The molecule has 0 unspecified atom stereocenters. The molecule has 164 valence electrons. The van der Waals surface area contributed by atoms with Gasteiger partial charge >= 0.3 is 0 Å². The Balaban J connectivity index is 1.54. The van der Waals surface area contributed by atoms with E-state index in [4.69, 9.17) is 0 Å². The molecule has 0 bridgehead atoms. The van der Waals surface area contributed by atoms with Gasteiger partial charge in [0.1, 0.15) is 5.82 Å². The highest BCUT2D eigenvalue weighted by molar-refractivity contribution is 7.89. The van der Waals surface area contributed by atoms with Crippen molar-refractivity contribution in [2.24, 2.45) is 0 Å². The Morgan fingerprint density at radius 1 is 1.06 bits per heavy atom. The summed E-state index contributed by atoms with van der Waals surface area (Å²) in [6.45, 7) is 1.56. The van der Waals surface area contributed by atoms with Gasteiger partial charge in [0.05, 0.1) is 10.6 Å². The number of aromatic nitrogens is 1. The fraction of sp³-hybridized carbons (Fsp3) is 0.200. The van der Waals surface area contributed by atoms with Gasteiger partial charge in [0.25, 0.3) is 0 Å². The number of nitrogens with one attached hydrogen (secondary N) is 2. The van der Waals surface area contributed by atoms with Gasteiger partial charge in [-0.2, -0.15) is 0 Å². The molecule has 2 aromatic carbocycles. The van der Waals surface area contributed by atoms with Crippen LogP contribution in [0.2, 0.25) is 0 Å². The van der Waals surface area contributed by atoms with E-state index in [1.807, 2.05) is 0 Å². The summed E-state index contributed by atoms with van der Waals surface area (Å²) in [5.41, 5.74) is 1.63. The number of nitrogens with zero attached hydrogens (tertiary/aromatic N) is 1. The summed E-state index contributed by atoms with van der Waals surface area (Å²) in [6.07, 6.45) is 0.350. The minimum Gasteiger partial charge on any atom is -0.302 e. The second-order valence-corrected chi connectivity index (χ2v) is 9.45. The van der Waals surface area contributed by atoms with Gasteiger partial charge < -0.3 is 5.32 Å². The average Bonchev–Trinajstić information content (AvgIpc) is 3.04. The molecule has 3 aromatic rings. The van der Waals surface area contributed by atoms with E-state index in [-0.39, 0.29) is 18.8 Å². The van der Waals surface area contributed by atoms with E-state index in [9.17, 15) is 26.4 Å². The van der Waals surface area contributed by atoms with Crippen molar-refractivity contribution in [2.45, 2.75) is 24.7 Å². The molecule has 1 amide bonds. The van der Waals surface area contributed by atoms with Gasteiger partial charge in [-0.15, -0.1) is 11.3 Å². The number of benzene rings is 2. The SMILES string of the molecule is Cc1nc(NC(=O)CCNS(=O)(=O)c2ccc(F)c(F)c2)sc1Cc1ccc(F)cc1. The molecule has 0 saturated heterocycles. The number of hydrogen-bond donors (Lipinski definition) is 2. The maximum atomic E-state index is 13.2. The summed E-state index contributed by atoms with van der Waals surface area (Å²) in [6, 6.07) is 8.30. The minimum atomic E-state index is -4.08. The first-order valence-corrected chi connectivity index (χ1v) is 11.4. The van der Waals surface area contributed by atoms with Crippen molar-refractivity contribution in [3.8, 4) is 0 Å². The molecule has 0 aliphatic carbocycles. The Morgan fingerprint density at radius 2 is 1.77 bits per heavy atom. The van der Waals surface area contributed by atoms with E-state index in [1.165, 1.54) is 23.5 Å². The summed E-state index contributed by atoms with van der Waals surface area (Å²) >= 11 is 1.27. The van der Waals surface area contributed by atoms with Crippen LogP contribution in [0.4, 0.5) is 18.3 Å². The van der Waals surface area contributed by atoms with Crippen LogP contribution in [0, 0.1) is 24.4 Å². The maximum Gasteiger partial charge on any atom is 0.240 e. The van der Waals surface area contributed by atoms with Gasteiger partial charge in [0.2, 0.25) is 15.9 Å². The lowest BCUT2D eigenvalue weighted by molar-refractivity contribution is -0.116. The van der Waals surface area contributed by atoms with Gasteiger partial charge in [0.15, 0.2) is 16.8 Å². The largest absolute Gasteiger partial charge is 0.302 e. The van der Waals surface area contributed by atoms with Crippen molar-refractivity contribution in [1.82, 2.24) is 9.71 Å². The second-order valence-electron chi connectivity index (χ2n) is 6.60. The summed E-state index contributed by atoms with van der Waals surface area (Å²) in [7, 11) is -4.08. The number of hydrogen-bond acceptors (Lipinski definition) is 5. The second kappa shape index (κ2) is 9.58. The molecule has 0 spiro atoms. The summed E-state index contributed by atoms with van der Waals surface area (Å²) in [5, 5.41) is 2.97. The van der Waals surface area contributed by atoms with E-state index in [0.717, 1.165) is 22.2 Å². The lowest BCUT2D eigenvalue weighted by Crippen LogP contribution is -2.28. The van der Waals surface area contributed by atoms with E-state index in [1.54, 1.807) is 19.1 Å². The molecule has 31 heavy (non-hydrogen) atoms. The maximum absolute atomic E-state index is 13.2. The van der Waals surface area contributed by atoms with E-state index < -0.39 is 32.5 Å². The first-order chi connectivity index (χ1) is 14.6. The van der Waals surface area contributed by atoms with Gasteiger partial charge in [-0.05, 0) is 42.8 Å². The number of sulfonamides is 1. The van der Waals surface area contributed by atoms with Crippen LogP contribution >= 0.6 is 11.3 Å². The highest BCUT2D eigenvalue weighted by Gasteiger charge is 2.17. The number of carbonyl (C=O) groups is 1. The van der Waals surface area contributed by atoms with Gasteiger partial charge in [-0.1, -0.05) is 12.1 Å². The smallest absolute Gasteiger partial charge is 0.240 e. The van der Waals surface area contributed by atoms with Crippen molar-refractivity contribution < 1.29 is 26.4 Å². The number of anilines is 1. The molecule has 0 aliphatic rings. The molecule has 0 fully saturated rings. The molecule has 3 rings (SSSR count). The Bertz CT molecular complexity index is 1200. The standard InChI is InChI=1S/C20H18F3N3O3S2/c1-12-18(10-13-2-4-14(21)5-3-13)30-20(25-12)26-19(27)8-9-24-31(28,29)15-6-7-16(22)17(23)11-15/h2-7,11,24H,8-10H2,1H3,(H,25,26,27). The van der Waals surface area contributed by atoms with E-state index in [0.29, 0.717) is 23.7 Å². The zero-order valence-electron chi connectivity index (χ0n) is 16.3. The highest BCUT2D eigenvalue weighted by Crippen LogP contribution is 2.25. The van der Waals surface area contributed by atoms with Crippen LogP contribution in [-0.2, 0) is 21.2 Å². The van der Waals surface area contributed by atoms with Crippen LogP contribution in [0.25, 0.3) is 0 Å². The zero-order chi connectivity index (χ0) is 22.6. The molecule has 2 N–H and O–H groups in total. The van der Waals surface area contributed by atoms with Crippen LogP contribution in [0.3, 0.4) is 0 Å². The summed E-state index contributed by atoms with van der Waals surface area (Å²) < 4.78 is 65.6. The predicted molar refractivity (Wildman–Crippen MR) is 111 cm³/mol. The lowest BCUT2D eigenvalue weighted by atomic mass is 10.1. The van der Waals surface area contributed by atoms with Crippen LogP contribution < -0.4 is 10.0 Å². The molecular weight excluding hydrogens is 451 g/mol. The Kier molecular flexibility index (Phi) is 7.08. The normalized spacial score (nSPS) is 11.5. The van der Waals surface area contributed by atoms with Crippen LogP contribution in [0.15, 0.2) is 47.4 Å². The topological polar surface area (TPSA) is 88.2 Å². The third kappa shape index (κ3) is 6.12. The van der Waals surface area contributed by atoms with Gasteiger partial charge in [-0.25, -0.2) is 31.3 Å². The number of amides is 1. The monoisotopic (exact) mass is 469 g/mol. The molecule has 0 radical (unpaired) electrons. The fourth-order valence-corrected chi connectivity index (χ4v) is 4.70. The van der Waals surface area contributed by atoms with Crippen molar-refractivity contribution >= 4 is 32.4 Å². The summed E-state index contributed by atoms with van der Waals surface area (Å²) in [4.78, 5) is 16.9. The molecule has 6 nitrogen and oxygen atoms in total. The van der Waals surface area contributed by atoms with E-state index >= 15 is 0 Å². The number of rotatable bonds is 8. The third-order valence-corrected chi connectivity index (χ3v) is 6.79. The Labute approximate surface area is 181 Å². The quantitative estimate of drug-likeness (QED) is 0.526. The minimum absolute atomic E-state index is 0.186. The average molecular weight is 470 g/mol. The molecular formula is C20H18F3N3O3S2. The first kappa shape index (κ1) is 22.9. The van der Waals surface area contributed by atoms with Crippen LogP contribution in [0.5, 0.6) is 0 Å². The van der Waals surface area contributed by atoms with Crippen molar-refractivity contribution in [3.63, 3.8) is 0 Å². The number of aryl methyl sites for hydroxylation is 1. The fourth-order valence-electron chi connectivity index (χ4n) is 2.64. The number of halogens is 3. The Morgan fingerprint density at radius 3 is 2.45 bits per heavy atom. The number of carbonyl (C=O) groups excluding carboxylic acids is 1. The van der Waals surface area contributed by atoms with E-state index in [2.05, 4.69) is 15.0 Å². The van der Waals surface area contributed by atoms with Crippen LogP contribution in [0.1, 0.15) is 22.6 Å². The molecule has 0 aliphatic heterocycles. The van der Waals surface area contributed by atoms with Gasteiger partial charge in [0, 0.05) is 24.3 Å². The van der Waals surface area contributed by atoms with Gasteiger partial charge in [-0.3, -0.25) is 4.79 Å². The lowest BCUT2D eigenvalue weighted by Gasteiger charge is -2.07. The van der Waals surface area contributed by atoms with Crippen molar-refractivity contribution in [2.75, 3.05) is 11.9 Å². The molecule has 0 atom stereocenters. The molecule has 1 heterocycles. The third-order valence-electron chi connectivity index (χ3n) is 4.26. The van der Waals surface area contributed by atoms with Crippen LogP contribution in [-0.4, -0.2) is 25.9 Å². The molecule has 11 heteroatoms.